The van der Waals surface area contributed by atoms with Gasteiger partial charge in [-0.25, -0.2) is 4.98 Å². The van der Waals surface area contributed by atoms with Crippen molar-refractivity contribution < 1.29 is 0 Å². The summed E-state index contributed by atoms with van der Waals surface area (Å²) in [6.07, 6.45) is 3.52. The Hall–Kier alpha value is -2.69. The van der Waals surface area contributed by atoms with E-state index in [4.69, 9.17) is 10.7 Å². The number of aromatic nitrogens is 2. The third-order valence-electron chi connectivity index (χ3n) is 5.46. The molecule has 5 rings (SSSR count). The Morgan fingerprint density at radius 2 is 1.72 bits per heavy atom. The molecule has 5 nitrogen and oxygen atoms in total. The van der Waals surface area contributed by atoms with Crippen molar-refractivity contribution in [3.63, 3.8) is 0 Å². The summed E-state index contributed by atoms with van der Waals surface area (Å²) >= 11 is 0. The number of H-pyrrole nitrogens is 1. The third kappa shape index (κ3) is 2.51. The Bertz CT molecular complexity index is 923. The average molecular weight is 333 g/mol. The van der Waals surface area contributed by atoms with E-state index < -0.39 is 0 Å². The second-order valence-electron chi connectivity index (χ2n) is 7.11. The van der Waals surface area contributed by atoms with Gasteiger partial charge in [0.1, 0.15) is 11.6 Å². The zero-order valence-electron chi connectivity index (χ0n) is 14.3. The van der Waals surface area contributed by atoms with Gasteiger partial charge >= 0.3 is 0 Å². The summed E-state index contributed by atoms with van der Waals surface area (Å²) in [5.41, 5.74) is 11.0. The summed E-state index contributed by atoms with van der Waals surface area (Å²) in [6.45, 7) is 4.01. The number of para-hydroxylation sites is 1. The number of hydrogen-bond acceptors (Lipinski definition) is 4. The highest BCUT2D eigenvalue weighted by Gasteiger charge is 2.23. The zero-order chi connectivity index (χ0) is 16.8. The molecule has 0 spiro atoms. The first-order valence-electron chi connectivity index (χ1n) is 9.14. The number of nitrogen functional groups attached to an aromatic ring is 1. The van der Waals surface area contributed by atoms with Crippen molar-refractivity contribution in [2.24, 2.45) is 0 Å². The van der Waals surface area contributed by atoms with Crippen LogP contribution in [0.3, 0.4) is 0 Å². The molecule has 0 bridgehead atoms. The second-order valence-corrected chi connectivity index (χ2v) is 7.11. The molecule has 3 N–H and O–H groups in total. The van der Waals surface area contributed by atoms with E-state index in [-0.39, 0.29) is 0 Å². The van der Waals surface area contributed by atoms with Gasteiger partial charge in [-0.3, -0.25) is 0 Å². The number of anilines is 3. The van der Waals surface area contributed by atoms with Crippen molar-refractivity contribution in [1.29, 1.82) is 0 Å². The Kier molecular flexibility index (Phi) is 3.33. The molecule has 25 heavy (non-hydrogen) atoms. The Morgan fingerprint density at radius 1 is 0.960 bits per heavy atom. The molecule has 2 aliphatic rings. The Morgan fingerprint density at radius 3 is 2.56 bits per heavy atom. The topological polar surface area (TPSA) is 61.2 Å². The van der Waals surface area contributed by atoms with Crippen molar-refractivity contribution in [1.82, 2.24) is 9.97 Å². The summed E-state index contributed by atoms with van der Waals surface area (Å²) in [7, 11) is 0. The van der Waals surface area contributed by atoms with Crippen LogP contribution in [0, 0.1) is 0 Å². The fraction of sp³-hybridized carbons (Fsp3) is 0.350. The molecule has 1 saturated heterocycles. The maximum Gasteiger partial charge on any atom is 0.133 e. The smallest absolute Gasteiger partial charge is 0.133 e. The van der Waals surface area contributed by atoms with Gasteiger partial charge in [0, 0.05) is 54.1 Å². The number of benzene rings is 1. The lowest BCUT2D eigenvalue weighted by Crippen LogP contribution is -2.31. The minimum atomic E-state index is 0.800. The van der Waals surface area contributed by atoms with Gasteiger partial charge in [-0.15, -0.1) is 0 Å². The number of nitrogens with one attached hydrogen (secondary N) is 1. The first-order chi connectivity index (χ1) is 12.3. The van der Waals surface area contributed by atoms with Gasteiger partial charge in [0.15, 0.2) is 0 Å². The fourth-order valence-electron chi connectivity index (χ4n) is 4.18. The van der Waals surface area contributed by atoms with Crippen molar-refractivity contribution in [2.75, 3.05) is 35.2 Å². The van der Waals surface area contributed by atoms with Gasteiger partial charge < -0.3 is 20.5 Å². The van der Waals surface area contributed by atoms with Crippen molar-refractivity contribution in [3.8, 4) is 0 Å². The summed E-state index contributed by atoms with van der Waals surface area (Å²) in [5.74, 6) is 2.01. The molecule has 2 aromatic heterocycles. The second kappa shape index (κ2) is 5.69. The number of hydrogen-bond donors (Lipinski definition) is 2. The van der Waals surface area contributed by atoms with Crippen LogP contribution in [0.15, 0.2) is 36.4 Å². The highest BCUT2D eigenvalue weighted by Crippen LogP contribution is 2.31. The van der Waals surface area contributed by atoms with Crippen LogP contribution >= 0.6 is 0 Å². The molecule has 2 aliphatic heterocycles. The predicted molar refractivity (Wildman–Crippen MR) is 103 cm³/mol. The molecular formula is C20H23N5. The first kappa shape index (κ1) is 14.6. The molecule has 0 saturated carbocycles. The minimum Gasteiger partial charge on any atom is -0.399 e. The molecule has 128 valence electrons. The number of rotatable bonds is 2. The molecule has 0 radical (unpaired) electrons. The molecule has 5 heteroatoms. The highest BCUT2D eigenvalue weighted by atomic mass is 15.3. The van der Waals surface area contributed by atoms with E-state index in [9.17, 15) is 0 Å². The van der Waals surface area contributed by atoms with Gasteiger partial charge in [0.25, 0.3) is 0 Å². The lowest BCUT2D eigenvalue weighted by atomic mass is 10.0. The normalized spacial score (nSPS) is 17.3. The van der Waals surface area contributed by atoms with Gasteiger partial charge in [0.2, 0.25) is 0 Å². The maximum absolute atomic E-state index is 6.19. The van der Waals surface area contributed by atoms with Gasteiger partial charge in [-0.2, -0.15) is 0 Å². The first-order valence-corrected chi connectivity index (χ1v) is 9.14. The van der Waals surface area contributed by atoms with E-state index in [1.54, 1.807) is 0 Å². The van der Waals surface area contributed by atoms with E-state index in [1.165, 1.54) is 35.0 Å². The van der Waals surface area contributed by atoms with Crippen molar-refractivity contribution in [3.05, 3.63) is 47.7 Å². The van der Waals surface area contributed by atoms with Crippen LogP contribution in [-0.4, -0.2) is 29.6 Å². The highest BCUT2D eigenvalue weighted by molar-refractivity contribution is 5.85. The monoisotopic (exact) mass is 333 g/mol. The van der Waals surface area contributed by atoms with E-state index in [2.05, 4.69) is 39.0 Å². The lowest BCUT2D eigenvalue weighted by Gasteiger charge is -2.29. The molecule has 1 aromatic carbocycles. The zero-order valence-corrected chi connectivity index (χ0v) is 14.3. The number of pyridine rings is 1. The summed E-state index contributed by atoms with van der Waals surface area (Å²) in [6, 6.07) is 12.6. The quantitative estimate of drug-likeness (QED) is 0.755. The maximum atomic E-state index is 6.19. The molecule has 0 aliphatic carbocycles. The molecular weight excluding hydrogens is 310 g/mol. The van der Waals surface area contributed by atoms with Gasteiger partial charge in [-0.05, 0) is 30.9 Å². The van der Waals surface area contributed by atoms with Crippen LogP contribution in [-0.2, 0) is 13.0 Å². The number of fused-ring (bicyclic) bond motifs is 3. The molecule has 3 aromatic rings. The van der Waals surface area contributed by atoms with Crippen LogP contribution in [0.25, 0.3) is 10.9 Å². The van der Waals surface area contributed by atoms with Gasteiger partial charge in [0.05, 0.1) is 6.54 Å². The largest absolute Gasteiger partial charge is 0.399 e. The molecule has 4 heterocycles. The summed E-state index contributed by atoms with van der Waals surface area (Å²) in [5, 5.41) is 1.36. The minimum absolute atomic E-state index is 0.800. The molecule has 0 amide bonds. The Balaban J connectivity index is 1.48. The molecule has 0 atom stereocenters. The van der Waals surface area contributed by atoms with E-state index in [0.29, 0.717) is 0 Å². The van der Waals surface area contributed by atoms with Crippen LogP contribution in [0.2, 0.25) is 0 Å². The number of aromatic amines is 1. The van der Waals surface area contributed by atoms with Crippen molar-refractivity contribution in [2.45, 2.75) is 25.8 Å². The number of nitrogens with zero attached hydrogens (tertiary/aromatic N) is 3. The van der Waals surface area contributed by atoms with Crippen LogP contribution in [0.5, 0.6) is 0 Å². The van der Waals surface area contributed by atoms with Crippen LogP contribution in [0.1, 0.15) is 24.1 Å². The van der Waals surface area contributed by atoms with Crippen molar-refractivity contribution >= 4 is 28.2 Å². The summed E-state index contributed by atoms with van der Waals surface area (Å²) in [4.78, 5) is 13.2. The fourth-order valence-corrected chi connectivity index (χ4v) is 4.18. The van der Waals surface area contributed by atoms with E-state index in [0.717, 1.165) is 49.9 Å². The van der Waals surface area contributed by atoms with Gasteiger partial charge in [-0.1, -0.05) is 18.2 Å². The standard InChI is InChI=1S/C20H23N5/c21-14-11-19(24-8-3-4-9-24)23-20(12-14)25-10-7-16-15-5-1-2-6-17(15)22-18(16)13-25/h1-2,5-6,11-12,22H,3-4,7-10,13H2,(H2,21,23). The third-order valence-corrected chi connectivity index (χ3v) is 5.46. The van der Waals surface area contributed by atoms with E-state index in [1.807, 2.05) is 12.1 Å². The van der Waals surface area contributed by atoms with Crippen LogP contribution in [0.4, 0.5) is 17.3 Å². The average Bonchev–Trinajstić information content (AvgIpc) is 3.28. The SMILES string of the molecule is Nc1cc(N2CCCC2)nc(N2CCc3c([nH]c4ccccc34)C2)c1. The number of nitrogens with two attached hydrogens (primary N) is 1. The molecule has 1 fully saturated rings. The summed E-state index contributed by atoms with van der Waals surface area (Å²) < 4.78 is 0. The lowest BCUT2D eigenvalue weighted by molar-refractivity contribution is 0.713. The molecule has 0 unspecified atom stereocenters. The Labute approximate surface area is 147 Å². The van der Waals surface area contributed by atoms with Crippen LogP contribution < -0.4 is 15.5 Å². The predicted octanol–water partition coefficient (Wildman–Crippen LogP) is 3.31. The van der Waals surface area contributed by atoms with E-state index >= 15 is 0 Å².